The third-order valence-electron chi connectivity index (χ3n) is 3.21. The summed E-state index contributed by atoms with van der Waals surface area (Å²) in [7, 11) is 1.64. The number of anilines is 1. The number of fused-ring (bicyclic) bond motifs is 1. The van der Waals surface area contributed by atoms with E-state index in [-0.39, 0.29) is 5.91 Å². The van der Waals surface area contributed by atoms with Gasteiger partial charge >= 0.3 is 0 Å². The van der Waals surface area contributed by atoms with E-state index in [1.54, 1.807) is 7.05 Å². The van der Waals surface area contributed by atoms with Gasteiger partial charge in [-0.2, -0.15) is 0 Å². The van der Waals surface area contributed by atoms with Crippen molar-refractivity contribution in [2.75, 3.05) is 25.0 Å². The summed E-state index contributed by atoms with van der Waals surface area (Å²) < 4.78 is 1.97. The van der Waals surface area contributed by atoms with E-state index >= 15 is 0 Å². The Hall–Kier alpha value is -2.08. The summed E-state index contributed by atoms with van der Waals surface area (Å²) >= 11 is 0. The topological polar surface area (TPSA) is 75.7 Å². The second kappa shape index (κ2) is 6.38. The van der Waals surface area contributed by atoms with Crippen LogP contribution in [0.15, 0.2) is 24.4 Å². The number of hydrogen-bond donors (Lipinski definition) is 2. The first-order valence-corrected chi connectivity index (χ1v) is 6.82. The van der Waals surface area contributed by atoms with Crippen molar-refractivity contribution in [1.29, 1.82) is 0 Å². The quantitative estimate of drug-likeness (QED) is 0.816. The summed E-state index contributed by atoms with van der Waals surface area (Å²) in [5.41, 5.74) is 7.65. The van der Waals surface area contributed by atoms with E-state index in [2.05, 4.69) is 17.2 Å². The second-order valence-corrected chi connectivity index (χ2v) is 4.61. The Morgan fingerprint density at radius 3 is 2.95 bits per heavy atom. The molecular formula is C14H21N5O. The van der Waals surface area contributed by atoms with E-state index in [0.717, 1.165) is 30.1 Å². The zero-order valence-corrected chi connectivity index (χ0v) is 12.0. The highest BCUT2D eigenvalue weighted by molar-refractivity contribution is 5.81. The van der Waals surface area contributed by atoms with Crippen molar-refractivity contribution in [3.63, 3.8) is 0 Å². The third-order valence-corrected chi connectivity index (χ3v) is 3.21. The maximum atomic E-state index is 11.7. The highest BCUT2D eigenvalue weighted by Crippen LogP contribution is 2.21. The lowest BCUT2D eigenvalue weighted by Crippen LogP contribution is -2.37. The first-order chi connectivity index (χ1) is 9.71. The molecule has 2 rings (SSSR count). The number of hydrogen-bond acceptors (Lipinski definition) is 4. The normalized spacial score (nSPS) is 10.8. The van der Waals surface area contributed by atoms with Gasteiger partial charge in [-0.25, -0.2) is 4.98 Å². The van der Waals surface area contributed by atoms with E-state index in [1.807, 2.05) is 33.7 Å². The SMILES string of the molecule is CCCN(CC(=O)NC)c1nc2ccccn2c1CN. The van der Waals surface area contributed by atoms with Crippen molar-refractivity contribution in [3.8, 4) is 0 Å². The molecule has 6 heteroatoms. The number of rotatable bonds is 6. The maximum absolute atomic E-state index is 11.7. The smallest absolute Gasteiger partial charge is 0.239 e. The van der Waals surface area contributed by atoms with E-state index in [9.17, 15) is 4.79 Å². The van der Waals surface area contributed by atoms with E-state index in [4.69, 9.17) is 5.73 Å². The molecule has 0 aliphatic rings. The first-order valence-electron chi connectivity index (χ1n) is 6.82. The summed E-state index contributed by atoms with van der Waals surface area (Å²) in [6.45, 7) is 3.52. The molecule has 2 aromatic rings. The van der Waals surface area contributed by atoms with Crippen LogP contribution in [0.3, 0.4) is 0 Å². The molecule has 1 amide bonds. The molecule has 0 radical (unpaired) electrons. The first kappa shape index (κ1) is 14.3. The van der Waals surface area contributed by atoms with Gasteiger partial charge in [-0.1, -0.05) is 13.0 Å². The van der Waals surface area contributed by atoms with E-state index < -0.39 is 0 Å². The van der Waals surface area contributed by atoms with E-state index in [1.165, 1.54) is 0 Å². The zero-order chi connectivity index (χ0) is 14.5. The van der Waals surface area contributed by atoms with E-state index in [0.29, 0.717) is 13.1 Å². The van der Waals surface area contributed by atoms with Gasteiger partial charge in [0.05, 0.1) is 12.2 Å². The predicted molar refractivity (Wildman–Crippen MR) is 79.7 cm³/mol. The summed E-state index contributed by atoms with van der Waals surface area (Å²) in [6.07, 6.45) is 2.88. The van der Waals surface area contributed by atoms with Gasteiger partial charge in [0.2, 0.25) is 5.91 Å². The van der Waals surface area contributed by atoms with Crippen LogP contribution in [0, 0.1) is 0 Å². The number of nitrogens with two attached hydrogens (primary N) is 1. The molecule has 0 unspecified atom stereocenters. The lowest BCUT2D eigenvalue weighted by atomic mass is 10.3. The standard InChI is InChI=1S/C14H21N5O/c1-3-7-18(10-13(20)16-2)14-11(9-15)19-8-5-4-6-12(19)17-14/h4-6,8H,3,7,9-10,15H2,1-2H3,(H,16,20). The highest BCUT2D eigenvalue weighted by atomic mass is 16.1. The third kappa shape index (κ3) is 2.75. The Balaban J connectivity index is 2.43. The predicted octanol–water partition coefficient (Wildman–Crippen LogP) is 0.755. The van der Waals surface area contributed by atoms with Crippen LogP contribution in [0.5, 0.6) is 0 Å². The highest BCUT2D eigenvalue weighted by Gasteiger charge is 2.18. The van der Waals surface area contributed by atoms with Crippen molar-refractivity contribution in [3.05, 3.63) is 30.1 Å². The van der Waals surface area contributed by atoms with Crippen LogP contribution in [0.4, 0.5) is 5.82 Å². The Morgan fingerprint density at radius 2 is 2.30 bits per heavy atom. The van der Waals surface area contributed by atoms with Gasteiger partial charge in [0.1, 0.15) is 5.65 Å². The summed E-state index contributed by atoms with van der Waals surface area (Å²) in [6, 6.07) is 5.82. The number of carbonyl (C=O) groups excluding carboxylic acids is 1. The van der Waals surface area contributed by atoms with Gasteiger partial charge < -0.3 is 20.4 Å². The minimum Gasteiger partial charge on any atom is -0.358 e. The Labute approximate surface area is 118 Å². The molecule has 0 atom stereocenters. The average Bonchev–Trinajstić information content (AvgIpc) is 2.85. The molecule has 0 fully saturated rings. The molecule has 0 aromatic carbocycles. The molecule has 0 aliphatic heterocycles. The lowest BCUT2D eigenvalue weighted by molar-refractivity contribution is -0.119. The molecule has 0 saturated carbocycles. The zero-order valence-electron chi connectivity index (χ0n) is 12.0. The molecule has 108 valence electrons. The van der Waals surface area contributed by atoms with Gasteiger partial charge in [0.15, 0.2) is 5.82 Å². The van der Waals surface area contributed by atoms with Crippen molar-refractivity contribution < 1.29 is 4.79 Å². The average molecular weight is 275 g/mol. The summed E-state index contributed by atoms with van der Waals surface area (Å²) in [5.74, 6) is 0.766. The largest absolute Gasteiger partial charge is 0.358 e. The van der Waals surface area contributed by atoms with Crippen LogP contribution in [0.2, 0.25) is 0 Å². The summed E-state index contributed by atoms with van der Waals surface area (Å²) in [5, 5.41) is 2.65. The number of nitrogens with zero attached hydrogens (tertiary/aromatic N) is 3. The van der Waals surface area contributed by atoms with Gasteiger partial charge in [-0.05, 0) is 18.6 Å². The van der Waals surface area contributed by atoms with Gasteiger partial charge in [-0.15, -0.1) is 0 Å². The Kier molecular flexibility index (Phi) is 4.57. The number of amides is 1. The molecular weight excluding hydrogens is 254 g/mol. The molecule has 0 bridgehead atoms. The molecule has 0 saturated heterocycles. The molecule has 0 spiro atoms. The monoisotopic (exact) mass is 275 g/mol. The van der Waals surface area contributed by atoms with Crippen molar-refractivity contribution >= 4 is 17.4 Å². The maximum Gasteiger partial charge on any atom is 0.239 e. The van der Waals surface area contributed by atoms with Gasteiger partial charge in [0, 0.05) is 26.3 Å². The second-order valence-electron chi connectivity index (χ2n) is 4.61. The van der Waals surface area contributed by atoms with Crippen LogP contribution in [0.25, 0.3) is 5.65 Å². The summed E-state index contributed by atoms with van der Waals surface area (Å²) in [4.78, 5) is 18.3. The number of nitrogens with one attached hydrogen (secondary N) is 1. The van der Waals surface area contributed by atoms with Crippen LogP contribution in [-0.4, -0.2) is 35.4 Å². The molecule has 2 aromatic heterocycles. The van der Waals surface area contributed by atoms with Crippen molar-refractivity contribution in [2.24, 2.45) is 5.73 Å². The number of likely N-dealkylation sites (N-methyl/N-ethyl adjacent to an activating group) is 1. The Morgan fingerprint density at radius 1 is 1.50 bits per heavy atom. The van der Waals surface area contributed by atoms with Crippen LogP contribution in [0.1, 0.15) is 19.0 Å². The number of pyridine rings is 1. The minimum atomic E-state index is -0.0292. The number of aromatic nitrogens is 2. The fourth-order valence-electron chi connectivity index (χ4n) is 2.26. The fraction of sp³-hybridized carbons (Fsp3) is 0.429. The molecule has 20 heavy (non-hydrogen) atoms. The molecule has 2 heterocycles. The number of imidazole rings is 1. The van der Waals surface area contributed by atoms with Crippen LogP contribution >= 0.6 is 0 Å². The van der Waals surface area contributed by atoms with Crippen LogP contribution in [-0.2, 0) is 11.3 Å². The van der Waals surface area contributed by atoms with Crippen molar-refractivity contribution in [2.45, 2.75) is 19.9 Å². The van der Waals surface area contributed by atoms with Gasteiger partial charge in [0.25, 0.3) is 0 Å². The Bertz CT molecular complexity index is 592. The molecule has 0 aliphatic carbocycles. The van der Waals surface area contributed by atoms with Crippen molar-refractivity contribution in [1.82, 2.24) is 14.7 Å². The minimum absolute atomic E-state index is 0.0292. The van der Waals surface area contributed by atoms with Crippen LogP contribution < -0.4 is 16.0 Å². The molecule has 6 nitrogen and oxygen atoms in total. The molecule has 3 N–H and O–H groups in total. The lowest BCUT2D eigenvalue weighted by Gasteiger charge is -2.22. The van der Waals surface area contributed by atoms with Gasteiger partial charge in [-0.3, -0.25) is 4.79 Å². The fourth-order valence-corrected chi connectivity index (χ4v) is 2.26. The number of carbonyl (C=O) groups is 1.